The number of hydrogen-bond donors (Lipinski definition) is 3. The van der Waals surface area contributed by atoms with Crippen LogP contribution in [0.1, 0.15) is 23.4 Å². The van der Waals surface area contributed by atoms with Crippen molar-refractivity contribution in [2.45, 2.75) is 32.0 Å². The van der Waals surface area contributed by atoms with E-state index in [1.165, 1.54) is 54.2 Å². The van der Waals surface area contributed by atoms with E-state index in [9.17, 15) is 32.3 Å². The molecule has 0 spiro atoms. The Balaban J connectivity index is 1.50. The van der Waals surface area contributed by atoms with Crippen molar-refractivity contribution in [3.63, 3.8) is 0 Å². The molecular formula is C30H28F3N5O6S. The zero-order valence-electron chi connectivity index (χ0n) is 24.1. The second-order valence-corrected chi connectivity index (χ2v) is 10.6. The predicted molar refractivity (Wildman–Crippen MR) is 160 cm³/mol. The molecule has 4 rings (SSSR count). The van der Waals surface area contributed by atoms with Crippen LogP contribution in [0, 0.1) is 17.5 Å². The number of halogens is 3. The molecule has 4 aromatic rings. The monoisotopic (exact) mass is 643 g/mol. The van der Waals surface area contributed by atoms with Crippen molar-refractivity contribution >= 4 is 45.1 Å². The predicted octanol–water partition coefficient (Wildman–Crippen LogP) is 4.25. The Bertz CT molecular complexity index is 1810. The summed E-state index contributed by atoms with van der Waals surface area (Å²) in [6.45, 7) is -0.320. The molecule has 0 bridgehead atoms. The number of pyridine rings is 1. The summed E-state index contributed by atoms with van der Waals surface area (Å²) in [5, 5.41) is 7.77. The van der Waals surface area contributed by atoms with E-state index in [0.717, 1.165) is 36.6 Å². The molecular weight excluding hydrogens is 615 g/mol. The van der Waals surface area contributed by atoms with Gasteiger partial charge in [0.1, 0.15) is 46.5 Å². The normalized spacial score (nSPS) is 11.8. The zero-order valence-corrected chi connectivity index (χ0v) is 24.9. The molecule has 0 saturated heterocycles. The van der Waals surface area contributed by atoms with Gasteiger partial charge in [-0.3, -0.25) is 14.4 Å². The summed E-state index contributed by atoms with van der Waals surface area (Å²) in [5.74, 6) is -3.10. The van der Waals surface area contributed by atoms with E-state index in [1.807, 2.05) is 0 Å². The summed E-state index contributed by atoms with van der Waals surface area (Å²) < 4.78 is 53.6. The number of nitrogens with one attached hydrogen (secondary N) is 3. The Kier molecular flexibility index (Phi) is 10.9. The highest BCUT2D eigenvalue weighted by molar-refractivity contribution is 7.19. The zero-order chi connectivity index (χ0) is 32.5. The third-order valence-corrected chi connectivity index (χ3v) is 7.45. The molecule has 2 aromatic heterocycles. The van der Waals surface area contributed by atoms with Crippen molar-refractivity contribution < 1.29 is 37.0 Å². The van der Waals surface area contributed by atoms with Gasteiger partial charge in [-0.1, -0.05) is 6.08 Å². The van der Waals surface area contributed by atoms with Crippen molar-refractivity contribution in [2.24, 2.45) is 0 Å². The minimum Gasteiger partial charge on any atom is -0.487 e. The van der Waals surface area contributed by atoms with Crippen LogP contribution < -0.4 is 26.2 Å². The van der Waals surface area contributed by atoms with E-state index in [4.69, 9.17) is 4.74 Å². The topological polar surface area (TPSA) is 141 Å². The molecule has 3 N–H and O–H groups in total. The maximum atomic E-state index is 14.4. The molecule has 1 unspecified atom stereocenters. The number of aromatic nitrogens is 2. The number of nitrogens with zero attached hydrogens (tertiary/aromatic N) is 2. The number of benzene rings is 2. The van der Waals surface area contributed by atoms with E-state index in [1.54, 1.807) is 0 Å². The van der Waals surface area contributed by atoms with E-state index in [0.29, 0.717) is 9.71 Å². The summed E-state index contributed by atoms with van der Waals surface area (Å²) in [6, 6.07) is 7.21. The van der Waals surface area contributed by atoms with Gasteiger partial charge >= 0.3 is 6.09 Å². The third kappa shape index (κ3) is 8.69. The second-order valence-electron chi connectivity index (χ2n) is 9.51. The van der Waals surface area contributed by atoms with Crippen LogP contribution in [0.25, 0.3) is 10.2 Å². The molecule has 0 aliphatic rings. The number of methoxy groups -OCH3 is 1. The van der Waals surface area contributed by atoms with Crippen LogP contribution in [0.2, 0.25) is 0 Å². The number of allylic oxidation sites excluding steroid dienone is 1. The van der Waals surface area contributed by atoms with Gasteiger partial charge in [0, 0.05) is 37.0 Å². The highest BCUT2D eigenvalue weighted by atomic mass is 32.1. The molecule has 0 aliphatic carbocycles. The Morgan fingerprint density at radius 3 is 2.64 bits per heavy atom. The van der Waals surface area contributed by atoms with Gasteiger partial charge in [-0.2, -0.15) is 0 Å². The molecule has 0 fully saturated rings. The highest BCUT2D eigenvalue weighted by Crippen LogP contribution is 2.33. The maximum Gasteiger partial charge on any atom is 0.407 e. The SMILES string of the molecule is CNC(=O)/C=C/CCC(NC(=O)OC)C(=O)Nc1cccn(Cc2nc3cc(F)cc(OCc4ccc(F)cc4F)c3s2)c1=O. The average molecular weight is 644 g/mol. The number of fused-ring (bicyclic) bond motifs is 1. The van der Waals surface area contributed by atoms with Gasteiger partial charge in [-0.25, -0.2) is 22.9 Å². The number of likely N-dealkylation sites (N-methyl/N-ethyl adjacent to an activating group) is 1. The number of thiazole rings is 1. The number of anilines is 1. The number of hydrogen-bond acceptors (Lipinski definition) is 8. The van der Waals surface area contributed by atoms with E-state index in [2.05, 4.69) is 25.7 Å². The van der Waals surface area contributed by atoms with Crippen molar-refractivity contribution in [2.75, 3.05) is 19.5 Å². The highest BCUT2D eigenvalue weighted by Gasteiger charge is 2.22. The first-order valence-corrected chi connectivity index (χ1v) is 14.3. The van der Waals surface area contributed by atoms with Crippen molar-refractivity contribution in [3.8, 4) is 5.75 Å². The number of carbonyl (C=O) groups is 3. The molecule has 15 heteroatoms. The molecule has 11 nitrogen and oxygen atoms in total. The maximum absolute atomic E-state index is 14.4. The summed E-state index contributed by atoms with van der Waals surface area (Å²) in [4.78, 5) is 53.9. The Hall–Kier alpha value is -5.18. The van der Waals surface area contributed by atoms with Gasteiger partial charge in [-0.15, -0.1) is 11.3 Å². The molecule has 45 heavy (non-hydrogen) atoms. The summed E-state index contributed by atoms with van der Waals surface area (Å²) in [7, 11) is 2.61. The molecule has 2 aromatic carbocycles. The standard InChI is InChI=1S/C30H28F3N5O6S/c1-34-25(39)8-4-3-6-21(37-30(42)43-2)28(40)36-22-7-5-11-38(29(22)41)15-26-35-23-13-19(32)14-24(27(23)45-26)44-16-17-9-10-18(31)12-20(17)33/h4-5,7-14,21H,3,6,15-16H2,1-2H3,(H,34,39)(H,36,40)(H,37,42)/b8-4+. The smallest absolute Gasteiger partial charge is 0.407 e. The van der Waals surface area contributed by atoms with E-state index < -0.39 is 41.1 Å². The van der Waals surface area contributed by atoms with Crippen LogP contribution in [0.5, 0.6) is 5.75 Å². The van der Waals surface area contributed by atoms with Gasteiger partial charge in [0.15, 0.2) is 0 Å². The summed E-state index contributed by atoms with van der Waals surface area (Å²) in [6.07, 6.45) is 3.82. The minimum atomic E-state index is -1.08. The van der Waals surface area contributed by atoms with Crippen molar-refractivity contribution in [1.82, 2.24) is 20.2 Å². The first kappa shape index (κ1) is 32.7. The molecule has 2 heterocycles. The average Bonchev–Trinajstić information content (AvgIpc) is 3.41. The first-order chi connectivity index (χ1) is 21.6. The largest absolute Gasteiger partial charge is 0.487 e. The van der Waals surface area contributed by atoms with Gasteiger partial charge in [0.25, 0.3) is 5.56 Å². The van der Waals surface area contributed by atoms with Crippen molar-refractivity contribution in [1.29, 1.82) is 0 Å². The van der Waals surface area contributed by atoms with Gasteiger partial charge in [0.2, 0.25) is 11.8 Å². The Morgan fingerprint density at radius 1 is 1.11 bits per heavy atom. The van der Waals surface area contributed by atoms with Crippen LogP contribution in [-0.2, 0) is 27.5 Å². The fraction of sp³-hybridized carbons (Fsp3) is 0.233. The van der Waals surface area contributed by atoms with Crippen LogP contribution in [0.15, 0.2) is 65.6 Å². The lowest BCUT2D eigenvalue weighted by Crippen LogP contribution is -2.44. The lowest BCUT2D eigenvalue weighted by Gasteiger charge is -2.17. The van der Waals surface area contributed by atoms with Crippen LogP contribution in [0.3, 0.4) is 0 Å². The third-order valence-electron chi connectivity index (χ3n) is 6.38. The molecule has 0 radical (unpaired) electrons. The number of amides is 3. The molecule has 3 amide bonds. The summed E-state index contributed by atoms with van der Waals surface area (Å²) in [5.41, 5.74) is -0.314. The Labute approximate surface area is 258 Å². The molecule has 0 aliphatic heterocycles. The number of carbonyl (C=O) groups excluding carboxylic acids is 3. The quantitative estimate of drug-likeness (QED) is 0.196. The van der Waals surface area contributed by atoms with Crippen molar-refractivity contribution in [3.05, 3.63) is 99.2 Å². The van der Waals surface area contributed by atoms with Gasteiger partial charge in [0.05, 0.1) is 23.9 Å². The van der Waals surface area contributed by atoms with Crippen LogP contribution >= 0.6 is 11.3 Å². The van der Waals surface area contributed by atoms with Gasteiger partial charge < -0.3 is 30.0 Å². The lowest BCUT2D eigenvalue weighted by atomic mass is 10.1. The fourth-order valence-electron chi connectivity index (χ4n) is 4.11. The molecule has 1 atom stereocenters. The minimum absolute atomic E-state index is 0.0380. The Morgan fingerprint density at radius 2 is 1.91 bits per heavy atom. The number of ether oxygens (including phenoxy) is 2. The van der Waals surface area contributed by atoms with Gasteiger partial charge in [-0.05, 0) is 43.2 Å². The number of rotatable bonds is 12. The van der Waals surface area contributed by atoms with Crippen LogP contribution in [-0.4, -0.2) is 47.7 Å². The lowest BCUT2D eigenvalue weighted by molar-refractivity contribution is -0.118. The first-order valence-electron chi connectivity index (χ1n) is 13.5. The van der Waals surface area contributed by atoms with Crippen LogP contribution in [0.4, 0.5) is 23.7 Å². The molecule has 0 saturated carbocycles. The second kappa shape index (κ2) is 15.0. The summed E-state index contributed by atoms with van der Waals surface area (Å²) >= 11 is 1.13. The van der Waals surface area contributed by atoms with E-state index >= 15 is 0 Å². The molecule has 236 valence electrons. The van der Waals surface area contributed by atoms with E-state index in [-0.39, 0.29) is 54.4 Å². The fourth-order valence-corrected chi connectivity index (χ4v) is 5.12. The number of alkyl carbamates (subject to hydrolysis) is 1.